The lowest BCUT2D eigenvalue weighted by molar-refractivity contribution is 0.0979. The third-order valence-electron chi connectivity index (χ3n) is 4.25. The molecule has 8 heteroatoms. The molecule has 0 aliphatic heterocycles. The van der Waals surface area contributed by atoms with E-state index in [2.05, 4.69) is 0 Å². The minimum atomic E-state index is -2.60. The highest BCUT2D eigenvalue weighted by atomic mass is 31.1. The van der Waals surface area contributed by atoms with Gasteiger partial charge in [0.15, 0.2) is 5.56 Å². The summed E-state index contributed by atoms with van der Waals surface area (Å²) >= 11 is 0. The molecule has 0 bridgehead atoms. The standard InChI is InChI=1S/C20H22O7P/c1-12(19(21)14-10-9-13(24-2)11-17(14)27-5)28(23)20(22)18-15(25-3)7-6-8-16(18)26-4/h6-12H,1-5H3/q+1. The number of rotatable bonds is 9. The zero-order valence-corrected chi connectivity index (χ0v) is 17.2. The number of hydrogen-bond acceptors (Lipinski definition) is 7. The fraction of sp³-hybridized carbons (Fsp3) is 0.300. The Morgan fingerprint density at radius 3 is 1.93 bits per heavy atom. The quantitative estimate of drug-likeness (QED) is 0.461. The van der Waals surface area contributed by atoms with Crippen LogP contribution in [0.25, 0.3) is 0 Å². The van der Waals surface area contributed by atoms with Gasteiger partial charge in [-0.25, -0.2) is 4.79 Å². The van der Waals surface area contributed by atoms with E-state index in [0.717, 1.165) is 0 Å². The van der Waals surface area contributed by atoms with Crippen molar-refractivity contribution in [1.29, 1.82) is 0 Å². The second-order valence-corrected chi connectivity index (χ2v) is 7.61. The van der Waals surface area contributed by atoms with Crippen molar-refractivity contribution in [2.75, 3.05) is 28.4 Å². The van der Waals surface area contributed by atoms with E-state index in [1.165, 1.54) is 41.4 Å². The van der Waals surface area contributed by atoms with Crippen LogP contribution >= 0.6 is 7.80 Å². The summed E-state index contributed by atoms with van der Waals surface area (Å²) in [5, 5.41) is 0. The first-order chi connectivity index (χ1) is 13.4. The fourth-order valence-corrected chi connectivity index (χ4v) is 3.83. The maximum atomic E-state index is 12.9. The van der Waals surface area contributed by atoms with Gasteiger partial charge in [-0.05, 0) is 31.2 Å². The Bertz CT molecular complexity index is 885. The zero-order chi connectivity index (χ0) is 20.8. The molecule has 0 fully saturated rings. The summed E-state index contributed by atoms with van der Waals surface area (Å²) in [4.78, 5) is 25.8. The molecule has 0 N–H and O–H groups in total. The van der Waals surface area contributed by atoms with E-state index in [-0.39, 0.29) is 28.4 Å². The number of carbonyl (C=O) groups excluding carboxylic acids is 2. The van der Waals surface area contributed by atoms with Gasteiger partial charge >= 0.3 is 13.3 Å². The summed E-state index contributed by atoms with van der Waals surface area (Å²) in [5.74, 6) is 0.786. The van der Waals surface area contributed by atoms with Gasteiger partial charge in [-0.1, -0.05) is 10.6 Å². The molecule has 0 spiro atoms. The summed E-state index contributed by atoms with van der Waals surface area (Å²) in [6.07, 6.45) is 0. The summed E-state index contributed by atoms with van der Waals surface area (Å²) in [6, 6.07) is 9.46. The molecule has 0 aromatic heterocycles. The van der Waals surface area contributed by atoms with E-state index in [1.807, 2.05) is 0 Å². The molecule has 2 rings (SSSR count). The van der Waals surface area contributed by atoms with Gasteiger partial charge in [-0.15, -0.1) is 0 Å². The van der Waals surface area contributed by atoms with Crippen molar-refractivity contribution in [2.45, 2.75) is 12.6 Å². The van der Waals surface area contributed by atoms with E-state index in [4.69, 9.17) is 18.9 Å². The summed E-state index contributed by atoms with van der Waals surface area (Å²) in [6.45, 7) is 1.45. The highest BCUT2D eigenvalue weighted by Crippen LogP contribution is 2.41. The van der Waals surface area contributed by atoms with Crippen LogP contribution in [-0.2, 0) is 4.57 Å². The molecule has 7 nitrogen and oxygen atoms in total. The Morgan fingerprint density at radius 2 is 1.43 bits per heavy atom. The molecule has 0 heterocycles. The van der Waals surface area contributed by atoms with Crippen LogP contribution < -0.4 is 18.9 Å². The Hall–Kier alpha value is -2.92. The highest BCUT2D eigenvalue weighted by molar-refractivity contribution is 7.66. The number of carbonyl (C=O) groups is 2. The Balaban J connectivity index is 2.37. The fourth-order valence-electron chi connectivity index (χ4n) is 2.68. The Morgan fingerprint density at radius 1 is 0.857 bits per heavy atom. The normalized spacial score (nSPS) is 12.0. The molecule has 28 heavy (non-hydrogen) atoms. The molecule has 148 valence electrons. The second kappa shape index (κ2) is 9.33. The highest BCUT2D eigenvalue weighted by Gasteiger charge is 2.44. The average Bonchev–Trinajstić information content (AvgIpc) is 2.75. The van der Waals surface area contributed by atoms with Gasteiger partial charge in [0, 0.05) is 6.07 Å². The minimum absolute atomic E-state index is 0.0509. The first kappa shape index (κ1) is 21.4. The maximum Gasteiger partial charge on any atom is 0.431 e. The van der Waals surface area contributed by atoms with Crippen molar-refractivity contribution in [3.8, 4) is 23.0 Å². The molecule has 0 amide bonds. The maximum absolute atomic E-state index is 12.9. The molecule has 0 aliphatic rings. The third-order valence-corrected chi connectivity index (χ3v) is 5.81. The van der Waals surface area contributed by atoms with Gasteiger partial charge in [-0.2, -0.15) is 0 Å². The molecule has 0 radical (unpaired) electrons. The van der Waals surface area contributed by atoms with Gasteiger partial charge in [0.25, 0.3) is 0 Å². The SMILES string of the molecule is COc1ccc(C(=O)C(C)[P+](=O)C(=O)c2c(OC)cccc2OC)c(OC)c1. The largest absolute Gasteiger partial charge is 0.497 e. The third kappa shape index (κ3) is 4.15. The first-order valence-corrected chi connectivity index (χ1v) is 9.70. The molecule has 0 aliphatic carbocycles. The van der Waals surface area contributed by atoms with Crippen LogP contribution in [0.1, 0.15) is 27.6 Å². The van der Waals surface area contributed by atoms with Gasteiger partial charge in [0.05, 0.1) is 34.0 Å². The van der Waals surface area contributed by atoms with E-state index in [9.17, 15) is 14.2 Å². The predicted molar refractivity (Wildman–Crippen MR) is 105 cm³/mol. The first-order valence-electron chi connectivity index (χ1n) is 8.37. The lowest BCUT2D eigenvalue weighted by atomic mass is 10.1. The predicted octanol–water partition coefficient (Wildman–Crippen LogP) is 3.96. The van der Waals surface area contributed by atoms with Crippen molar-refractivity contribution in [1.82, 2.24) is 0 Å². The van der Waals surface area contributed by atoms with Crippen LogP contribution in [0, 0.1) is 0 Å². The van der Waals surface area contributed by atoms with Crippen molar-refractivity contribution in [3.05, 3.63) is 47.5 Å². The molecule has 2 aromatic rings. The lowest BCUT2D eigenvalue weighted by Crippen LogP contribution is -2.17. The van der Waals surface area contributed by atoms with Gasteiger partial charge < -0.3 is 18.9 Å². The molecule has 2 unspecified atom stereocenters. The number of benzene rings is 2. The van der Waals surface area contributed by atoms with Crippen LogP contribution in [0.4, 0.5) is 0 Å². The summed E-state index contributed by atoms with van der Waals surface area (Å²) in [5.41, 5.74) is -1.51. The number of hydrogen-bond donors (Lipinski definition) is 0. The molecular weight excluding hydrogens is 383 g/mol. The molecule has 2 atom stereocenters. The van der Waals surface area contributed by atoms with Crippen molar-refractivity contribution in [3.63, 3.8) is 0 Å². The zero-order valence-electron chi connectivity index (χ0n) is 16.3. The van der Waals surface area contributed by atoms with Crippen LogP contribution in [0.3, 0.4) is 0 Å². The van der Waals surface area contributed by atoms with E-state index < -0.39 is 24.8 Å². The number of ketones is 1. The molecule has 0 saturated heterocycles. The topological polar surface area (TPSA) is 88.1 Å². The van der Waals surface area contributed by atoms with Gasteiger partial charge in [0.1, 0.15) is 23.0 Å². The van der Waals surface area contributed by atoms with Crippen LogP contribution in [0.15, 0.2) is 36.4 Å². The monoisotopic (exact) mass is 405 g/mol. The second-order valence-electron chi connectivity index (χ2n) is 5.77. The van der Waals surface area contributed by atoms with Crippen LogP contribution in [0.5, 0.6) is 23.0 Å². The minimum Gasteiger partial charge on any atom is -0.497 e. The van der Waals surface area contributed by atoms with Crippen molar-refractivity contribution in [2.24, 2.45) is 0 Å². The molecule has 2 aromatic carbocycles. The summed E-state index contributed by atoms with van der Waals surface area (Å²) in [7, 11) is 3.11. The van der Waals surface area contributed by atoms with E-state index in [1.54, 1.807) is 30.3 Å². The molecule has 0 saturated carbocycles. The van der Waals surface area contributed by atoms with Crippen molar-refractivity contribution >= 4 is 19.1 Å². The summed E-state index contributed by atoms with van der Waals surface area (Å²) < 4.78 is 33.7. The smallest absolute Gasteiger partial charge is 0.431 e. The Kier molecular flexibility index (Phi) is 7.12. The average molecular weight is 405 g/mol. The van der Waals surface area contributed by atoms with E-state index in [0.29, 0.717) is 5.75 Å². The number of Topliss-reactive ketones (excluding diaryl/α,β-unsaturated/α-hetero) is 1. The van der Waals surface area contributed by atoms with Crippen molar-refractivity contribution < 1.29 is 33.1 Å². The lowest BCUT2D eigenvalue weighted by Gasteiger charge is -2.11. The number of methoxy groups -OCH3 is 4. The van der Waals surface area contributed by atoms with E-state index >= 15 is 0 Å². The Labute approximate surface area is 164 Å². The van der Waals surface area contributed by atoms with Gasteiger partial charge in [-0.3, -0.25) is 4.79 Å². The van der Waals surface area contributed by atoms with Crippen LogP contribution in [-0.4, -0.2) is 45.4 Å². The van der Waals surface area contributed by atoms with Gasteiger partial charge in [0.2, 0.25) is 11.4 Å². The number of ether oxygens (including phenoxy) is 4. The van der Waals surface area contributed by atoms with Crippen LogP contribution in [0.2, 0.25) is 0 Å². The molecular formula is C20H22O7P+.